The number of carbonyl (C=O) groups excluding carboxylic acids is 1. The number of nitrogens with zero attached hydrogens (tertiary/aromatic N) is 2. The van der Waals surface area contributed by atoms with Gasteiger partial charge in [0.1, 0.15) is 0 Å². The minimum absolute atomic E-state index is 0.0390. The summed E-state index contributed by atoms with van der Waals surface area (Å²) in [6.45, 7) is 6.16. The minimum atomic E-state index is 0.0390. The maximum Gasteiger partial charge on any atom is 0.224 e. The van der Waals surface area contributed by atoms with Gasteiger partial charge in [0.2, 0.25) is 5.91 Å². The Morgan fingerprint density at radius 1 is 1.04 bits per heavy atom. The standard InChI is InChI=1S/C22H25N3O/c1-4-18-10-8-9-13-21(18)23-22(26)15-14-20-16(2)24-25(17(20)3)19-11-6-5-7-12-19/h5-13H,4,14-15H2,1-3H3,(H,23,26). The zero-order valence-corrected chi connectivity index (χ0v) is 15.6. The predicted octanol–water partition coefficient (Wildman–Crippen LogP) is 4.62. The first-order valence-electron chi connectivity index (χ1n) is 9.08. The second kappa shape index (κ2) is 8.00. The first kappa shape index (κ1) is 17.9. The molecule has 26 heavy (non-hydrogen) atoms. The van der Waals surface area contributed by atoms with Crippen molar-refractivity contribution in [2.45, 2.75) is 40.0 Å². The molecule has 0 radical (unpaired) electrons. The molecule has 134 valence electrons. The number of hydrogen-bond donors (Lipinski definition) is 1. The zero-order chi connectivity index (χ0) is 18.5. The van der Waals surface area contributed by atoms with Crippen LogP contribution in [0.4, 0.5) is 5.69 Å². The van der Waals surface area contributed by atoms with Gasteiger partial charge in [-0.25, -0.2) is 4.68 Å². The second-order valence-electron chi connectivity index (χ2n) is 6.46. The van der Waals surface area contributed by atoms with Gasteiger partial charge < -0.3 is 5.32 Å². The van der Waals surface area contributed by atoms with E-state index in [0.29, 0.717) is 12.8 Å². The monoisotopic (exact) mass is 347 g/mol. The molecule has 4 nitrogen and oxygen atoms in total. The third-order valence-electron chi connectivity index (χ3n) is 4.72. The van der Waals surface area contributed by atoms with Crippen molar-refractivity contribution in [1.29, 1.82) is 0 Å². The number of amides is 1. The van der Waals surface area contributed by atoms with Crippen molar-refractivity contribution in [1.82, 2.24) is 9.78 Å². The minimum Gasteiger partial charge on any atom is -0.326 e. The van der Waals surface area contributed by atoms with Crippen LogP contribution in [-0.2, 0) is 17.6 Å². The number of hydrogen-bond acceptors (Lipinski definition) is 2. The van der Waals surface area contributed by atoms with Crippen LogP contribution < -0.4 is 5.32 Å². The van der Waals surface area contributed by atoms with Crippen molar-refractivity contribution in [3.63, 3.8) is 0 Å². The smallest absolute Gasteiger partial charge is 0.224 e. The summed E-state index contributed by atoms with van der Waals surface area (Å²) in [6.07, 6.45) is 2.03. The van der Waals surface area contributed by atoms with Gasteiger partial charge in [-0.3, -0.25) is 4.79 Å². The molecular formula is C22H25N3O. The van der Waals surface area contributed by atoms with Crippen molar-refractivity contribution in [3.8, 4) is 5.69 Å². The fourth-order valence-electron chi connectivity index (χ4n) is 3.26. The molecule has 0 fully saturated rings. The molecule has 0 saturated heterocycles. The van der Waals surface area contributed by atoms with E-state index in [-0.39, 0.29) is 5.91 Å². The van der Waals surface area contributed by atoms with Crippen LogP contribution in [0.2, 0.25) is 0 Å². The van der Waals surface area contributed by atoms with Gasteiger partial charge in [-0.2, -0.15) is 5.10 Å². The molecule has 3 rings (SSSR count). The summed E-state index contributed by atoms with van der Waals surface area (Å²) in [4.78, 5) is 12.4. The maximum absolute atomic E-state index is 12.4. The van der Waals surface area contributed by atoms with Gasteiger partial charge in [0.15, 0.2) is 0 Å². The summed E-state index contributed by atoms with van der Waals surface area (Å²) in [7, 11) is 0. The lowest BCUT2D eigenvalue weighted by atomic mass is 10.1. The van der Waals surface area contributed by atoms with E-state index in [9.17, 15) is 4.79 Å². The van der Waals surface area contributed by atoms with Crippen molar-refractivity contribution in [2.24, 2.45) is 0 Å². The summed E-state index contributed by atoms with van der Waals surface area (Å²) in [6, 6.07) is 18.0. The van der Waals surface area contributed by atoms with E-state index >= 15 is 0 Å². The third kappa shape index (κ3) is 3.85. The van der Waals surface area contributed by atoms with Crippen LogP contribution in [0.3, 0.4) is 0 Å². The summed E-state index contributed by atoms with van der Waals surface area (Å²) < 4.78 is 1.95. The molecule has 0 aliphatic carbocycles. The predicted molar refractivity (Wildman–Crippen MR) is 106 cm³/mol. The van der Waals surface area contributed by atoms with Gasteiger partial charge >= 0.3 is 0 Å². The van der Waals surface area contributed by atoms with Crippen LogP contribution in [-0.4, -0.2) is 15.7 Å². The lowest BCUT2D eigenvalue weighted by molar-refractivity contribution is -0.116. The van der Waals surface area contributed by atoms with Crippen LogP contribution in [0.25, 0.3) is 5.69 Å². The Hall–Kier alpha value is -2.88. The molecule has 3 aromatic rings. The van der Waals surface area contributed by atoms with Gasteiger partial charge in [0.25, 0.3) is 0 Å². The normalized spacial score (nSPS) is 10.7. The average Bonchev–Trinajstić information content (AvgIpc) is 2.95. The molecule has 0 aliphatic heterocycles. The Labute approximate surface area is 154 Å². The van der Waals surface area contributed by atoms with Crippen molar-refractivity contribution in [3.05, 3.63) is 77.1 Å². The molecule has 1 amide bonds. The molecule has 4 heteroatoms. The molecule has 0 spiro atoms. The molecular weight excluding hydrogens is 322 g/mol. The Morgan fingerprint density at radius 3 is 2.46 bits per heavy atom. The largest absolute Gasteiger partial charge is 0.326 e. The topological polar surface area (TPSA) is 46.9 Å². The molecule has 0 saturated carbocycles. The molecule has 2 aromatic carbocycles. The fraction of sp³-hybridized carbons (Fsp3) is 0.273. The van der Waals surface area contributed by atoms with Gasteiger partial charge in [-0.05, 0) is 56.0 Å². The Morgan fingerprint density at radius 2 is 1.73 bits per heavy atom. The Bertz CT molecular complexity index is 897. The van der Waals surface area contributed by atoms with Crippen LogP contribution >= 0.6 is 0 Å². The zero-order valence-electron chi connectivity index (χ0n) is 15.6. The average molecular weight is 347 g/mol. The number of aromatic nitrogens is 2. The first-order chi connectivity index (χ1) is 12.6. The number of para-hydroxylation sites is 2. The second-order valence-corrected chi connectivity index (χ2v) is 6.46. The highest BCUT2D eigenvalue weighted by Gasteiger charge is 2.14. The van der Waals surface area contributed by atoms with Crippen LogP contribution in [0.5, 0.6) is 0 Å². The number of anilines is 1. The van der Waals surface area contributed by atoms with Crippen molar-refractivity contribution >= 4 is 11.6 Å². The molecule has 0 unspecified atom stereocenters. The lowest BCUT2D eigenvalue weighted by Crippen LogP contribution is -2.14. The van der Waals surface area contributed by atoms with E-state index in [4.69, 9.17) is 0 Å². The summed E-state index contributed by atoms with van der Waals surface area (Å²) in [5.41, 5.74) is 6.33. The van der Waals surface area contributed by atoms with Gasteiger partial charge in [-0.15, -0.1) is 0 Å². The number of carbonyl (C=O) groups is 1. The van der Waals surface area contributed by atoms with Gasteiger partial charge in [0, 0.05) is 17.8 Å². The molecule has 0 bridgehead atoms. The quantitative estimate of drug-likeness (QED) is 0.707. The van der Waals surface area contributed by atoms with Crippen LogP contribution in [0, 0.1) is 13.8 Å². The number of rotatable bonds is 6. The summed E-state index contributed by atoms with van der Waals surface area (Å²) >= 11 is 0. The van der Waals surface area contributed by atoms with E-state index in [0.717, 1.165) is 40.3 Å². The molecule has 0 atom stereocenters. The van der Waals surface area contributed by atoms with E-state index in [1.165, 1.54) is 0 Å². The first-order valence-corrected chi connectivity index (χ1v) is 9.08. The number of benzene rings is 2. The highest BCUT2D eigenvalue weighted by molar-refractivity contribution is 5.91. The highest BCUT2D eigenvalue weighted by Crippen LogP contribution is 2.20. The van der Waals surface area contributed by atoms with Gasteiger partial charge in [0.05, 0.1) is 11.4 Å². The lowest BCUT2D eigenvalue weighted by Gasteiger charge is -2.10. The molecule has 1 aromatic heterocycles. The SMILES string of the molecule is CCc1ccccc1NC(=O)CCc1c(C)nn(-c2ccccc2)c1C. The summed E-state index contributed by atoms with van der Waals surface area (Å²) in [5, 5.41) is 7.70. The highest BCUT2D eigenvalue weighted by atomic mass is 16.1. The summed E-state index contributed by atoms with van der Waals surface area (Å²) in [5.74, 6) is 0.0390. The van der Waals surface area contributed by atoms with E-state index in [1.54, 1.807) is 0 Å². The Balaban J connectivity index is 1.70. The van der Waals surface area contributed by atoms with Gasteiger partial charge in [-0.1, -0.05) is 43.3 Å². The molecule has 1 N–H and O–H groups in total. The van der Waals surface area contributed by atoms with Crippen LogP contribution in [0.1, 0.15) is 35.9 Å². The third-order valence-corrected chi connectivity index (χ3v) is 4.72. The van der Waals surface area contributed by atoms with E-state index < -0.39 is 0 Å². The van der Waals surface area contributed by atoms with E-state index in [2.05, 4.69) is 24.3 Å². The number of nitrogens with one attached hydrogen (secondary N) is 1. The van der Waals surface area contributed by atoms with E-state index in [1.807, 2.05) is 66.2 Å². The Kier molecular flexibility index (Phi) is 5.52. The maximum atomic E-state index is 12.4. The van der Waals surface area contributed by atoms with Crippen LogP contribution in [0.15, 0.2) is 54.6 Å². The van der Waals surface area contributed by atoms with Crippen molar-refractivity contribution < 1.29 is 4.79 Å². The number of aryl methyl sites for hydroxylation is 2. The fourth-order valence-corrected chi connectivity index (χ4v) is 3.26. The molecule has 0 aliphatic rings. The van der Waals surface area contributed by atoms with Crippen molar-refractivity contribution in [2.75, 3.05) is 5.32 Å². The molecule has 1 heterocycles.